The van der Waals surface area contributed by atoms with Crippen molar-refractivity contribution in [1.29, 1.82) is 0 Å². The molecule has 0 aliphatic carbocycles. The van der Waals surface area contributed by atoms with E-state index in [0.717, 1.165) is 24.7 Å². The summed E-state index contributed by atoms with van der Waals surface area (Å²) in [6.07, 6.45) is 0. The third-order valence-electron chi connectivity index (χ3n) is 2.77. The fourth-order valence-corrected chi connectivity index (χ4v) is 1.90. The van der Waals surface area contributed by atoms with Crippen LogP contribution < -0.4 is 5.32 Å². The zero-order chi connectivity index (χ0) is 12.7. The van der Waals surface area contributed by atoms with Crippen molar-refractivity contribution in [2.75, 3.05) is 34.4 Å². The summed E-state index contributed by atoms with van der Waals surface area (Å²) in [6.45, 7) is 2.54. The van der Waals surface area contributed by atoms with Crippen molar-refractivity contribution in [2.45, 2.75) is 12.6 Å². The molecule has 1 N–H and O–H groups in total. The first-order valence-electron chi connectivity index (χ1n) is 5.75. The summed E-state index contributed by atoms with van der Waals surface area (Å²) in [5.41, 5.74) is 1.26. The lowest BCUT2D eigenvalue weighted by atomic mass is 10.2. The van der Waals surface area contributed by atoms with E-state index in [1.165, 1.54) is 5.56 Å². The molecule has 1 aromatic rings. The Labute approximate surface area is 109 Å². The highest BCUT2D eigenvalue weighted by Gasteiger charge is 2.13. The molecular formula is C13H21ClN2O. The molecule has 4 heteroatoms. The van der Waals surface area contributed by atoms with Gasteiger partial charge in [-0.15, -0.1) is 0 Å². The summed E-state index contributed by atoms with van der Waals surface area (Å²) in [4.78, 5) is 2.28. The molecule has 0 fully saturated rings. The minimum Gasteiger partial charge on any atom is -0.383 e. The Hall–Kier alpha value is -0.610. The molecule has 1 rings (SSSR count). The normalized spacial score (nSPS) is 13.0. The maximum absolute atomic E-state index is 5.87. The molecule has 0 heterocycles. The first kappa shape index (κ1) is 14.5. The zero-order valence-electron chi connectivity index (χ0n) is 10.7. The number of rotatable bonds is 7. The van der Waals surface area contributed by atoms with Crippen molar-refractivity contribution in [2.24, 2.45) is 0 Å². The number of hydrogen-bond donors (Lipinski definition) is 1. The second-order valence-electron chi connectivity index (χ2n) is 4.21. The predicted octanol–water partition coefficient (Wildman–Crippen LogP) is 2.01. The molecule has 1 unspecified atom stereocenters. The van der Waals surface area contributed by atoms with E-state index in [4.69, 9.17) is 16.3 Å². The zero-order valence-corrected chi connectivity index (χ0v) is 11.5. The summed E-state index contributed by atoms with van der Waals surface area (Å²) >= 11 is 5.87. The minimum absolute atomic E-state index is 0.376. The molecule has 0 radical (unpaired) electrons. The van der Waals surface area contributed by atoms with Gasteiger partial charge in [-0.1, -0.05) is 23.7 Å². The largest absolute Gasteiger partial charge is 0.383 e. The van der Waals surface area contributed by atoms with Gasteiger partial charge in [0.05, 0.1) is 6.61 Å². The average Bonchev–Trinajstić information content (AvgIpc) is 2.32. The molecule has 0 saturated carbocycles. The summed E-state index contributed by atoms with van der Waals surface area (Å²) in [7, 11) is 5.80. The number of nitrogens with one attached hydrogen (secondary N) is 1. The van der Waals surface area contributed by atoms with Crippen LogP contribution in [-0.4, -0.2) is 45.3 Å². The van der Waals surface area contributed by atoms with E-state index in [-0.39, 0.29) is 0 Å². The molecule has 1 aromatic carbocycles. The SMILES string of the molecule is CNCC(COC)N(C)Cc1ccc(Cl)cc1. The molecule has 0 saturated heterocycles. The number of hydrogen-bond acceptors (Lipinski definition) is 3. The fraction of sp³-hybridized carbons (Fsp3) is 0.538. The Kier molecular flexibility index (Phi) is 6.52. The Morgan fingerprint density at radius 3 is 2.53 bits per heavy atom. The molecule has 0 spiro atoms. The number of methoxy groups -OCH3 is 1. The lowest BCUT2D eigenvalue weighted by Gasteiger charge is -2.27. The molecular weight excluding hydrogens is 236 g/mol. The Morgan fingerprint density at radius 1 is 1.35 bits per heavy atom. The van der Waals surface area contributed by atoms with Crippen molar-refractivity contribution in [1.82, 2.24) is 10.2 Å². The van der Waals surface area contributed by atoms with Crippen LogP contribution in [0.15, 0.2) is 24.3 Å². The van der Waals surface area contributed by atoms with Gasteiger partial charge in [-0.3, -0.25) is 4.90 Å². The molecule has 17 heavy (non-hydrogen) atoms. The van der Waals surface area contributed by atoms with Crippen LogP contribution >= 0.6 is 11.6 Å². The van der Waals surface area contributed by atoms with Crippen LogP contribution in [0.5, 0.6) is 0 Å². The molecule has 96 valence electrons. The number of likely N-dealkylation sites (N-methyl/N-ethyl adjacent to an activating group) is 2. The molecule has 3 nitrogen and oxygen atoms in total. The van der Waals surface area contributed by atoms with Gasteiger partial charge in [0.15, 0.2) is 0 Å². The van der Waals surface area contributed by atoms with Crippen LogP contribution in [0.3, 0.4) is 0 Å². The van der Waals surface area contributed by atoms with Crippen LogP contribution in [-0.2, 0) is 11.3 Å². The summed E-state index contributed by atoms with van der Waals surface area (Å²) < 4.78 is 5.23. The second kappa shape index (κ2) is 7.67. The lowest BCUT2D eigenvalue weighted by Crippen LogP contribution is -2.41. The highest BCUT2D eigenvalue weighted by atomic mass is 35.5. The predicted molar refractivity (Wildman–Crippen MR) is 72.5 cm³/mol. The summed E-state index contributed by atoms with van der Waals surface area (Å²) in [5.74, 6) is 0. The van der Waals surface area contributed by atoms with Crippen LogP contribution in [0.4, 0.5) is 0 Å². The maximum atomic E-state index is 5.87. The standard InChI is InChI=1S/C13H21ClN2O/c1-15-8-13(10-17-3)16(2)9-11-4-6-12(14)7-5-11/h4-7,13,15H,8-10H2,1-3H3. The minimum atomic E-state index is 0.376. The van der Waals surface area contributed by atoms with E-state index >= 15 is 0 Å². The monoisotopic (exact) mass is 256 g/mol. The molecule has 0 bridgehead atoms. The van der Waals surface area contributed by atoms with Gasteiger partial charge in [-0.25, -0.2) is 0 Å². The highest BCUT2D eigenvalue weighted by Crippen LogP contribution is 2.12. The van der Waals surface area contributed by atoms with Gasteiger partial charge >= 0.3 is 0 Å². The Balaban J connectivity index is 2.55. The smallest absolute Gasteiger partial charge is 0.0630 e. The van der Waals surface area contributed by atoms with Crippen LogP contribution in [0.25, 0.3) is 0 Å². The molecule has 0 amide bonds. The quantitative estimate of drug-likeness (QED) is 0.808. The highest BCUT2D eigenvalue weighted by molar-refractivity contribution is 6.30. The van der Waals surface area contributed by atoms with Crippen LogP contribution in [0.2, 0.25) is 5.02 Å². The maximum Gasteiger partial charge on any atom is 0.0630 e. The molecule has 0 aliphatic heterocycles. The van der Waals surface area contributed by atoms with Gasteiger partial charge in [-0.05, 0) is 31.8 Å². The fourth-order valence-electron chi connectivity index (χ4n) is 1.78. The van der Waals surface area contributed by atoms with Crippen molar-refractivity contribution in [3.63, 3.8) is 0 Å². The van der Waals surface area contributed by atoms with Crippen molar-refractivity contribution < 1.29 is 4.74 Å². The van der Waals surface area contributed by atoms with Crippen LogP contribution in [0.1, 0.15) is 5.56 Å². The third kappa shape index (κ3) is 5.04. The average molecular weight is 257 g/mol. The van der Waals surface area contributed by atoms with E-state index in [1.54, 1.807) is 7.11 Å². The van der Waals surface area contributed by atoms with Gasteiger partial charge in [0.1, 0.15) is 0 Å². The first-order valence-corrected chi connectivity index (χ1v) is 6.13. The van der Waals surface area contributed by atoms with Crippen molar-refractivity contribution in [3.05, 3.63) is 34.9 Å². The number of ether oxygens (including phenoxy) is 1. The lowest BCUT2D eigenvalue weighted by molar-refractivity contribution is 0.102. The van der Waals surface area contributed by atoms with E-state index < -0.39 is 0 Å². The van der Waals surface area contributed by atoms with Crippen molar-refractivity contribution >= 4 is 11.6 Å². The first-order chi connectivity index (χ1) is 8.17. The van der Waals surface area contributed by atoms with Gasteiger partial charge in [0.25, 0.3) is 0 Å². The topological polar surface area (TPSA) is 24.5 Å². The number of nitrogens with zero attached hydrogens (tertiary/aromatic N) is 1. The van der Waals surface area contributed by atoms with E-state index in [9.17, 15) is 0 Å². The van der Waals surface area contributed by atoms with E-state index in [2.05, 4.69) is 29.4 Å². The van der Waals surface area contributed by atoms with Gasteiger partial charge < -0.3 is 10.1 Å². The van der Waals surface area contributed by atoms with Gasteiger partial charge in [0, 0.05) is 31.3 Å². The van der Waals surface area contributed by atoms with Crippen LogP contribution in [0, 0.1) is 0 Å². The summed E-state index contributed by atoms with van der Waals surface area (Å²) in [5, 5.41) is 3.96. The Bertz CT molecular complexity index is 310. The molecule has 0 aliphatic rings. The van der Waals surface area contributed by atoms with E-state index in [1.807, 2.05) is 19.2 Å². The molecule has 1 atom stereocenters. The van der Waals surface area contributed by atoms with Crippen molar-refractivity contribution in [3.8, 4) is 0 Å². The van der Waals surface area contributed by atoms with Gasteiger partial charge in [-0.2, -0.15) is 0 Å². The number of halogens is 1. The molecule has 0 aromatic heterocycles. The number of benzene rings is 1. The van der Waals surface area contributed by atoms with E-state index in [0.29, 0.717) is 6.04 Å². The summed E-state index contributed by atoms with van der Waals surface area (Å²) in [6, 6.07) is 8.34. The second-order valence-corrected chi connectivity index (χ2v) is 4.64. The third-order valence-corrected chi connectivity index (χ3v) is 3.02. The van der Waals surface area contributed by atoms with Gasteiger partial charge in [0.2, 0.25) is 0 Å². The Morgan fingerprint density at radius 2 is 2.00 bits per heavy atom.